The van der Waals surface area contributed by atoms with Gasteiger partial charge in [-0.3, -0.25) is 0 Å². The number of anilines is 1. The molecule has 0 fully saturated rings. The molecule has 2 heteroatoms. The van der Waals surface area contributed by atoms with Crippen LogP contribution in [0.4, 0.5) is 5.69 Å². The van der Waals surface area contributed by atoms with Gasteiger partial charge < -0.3 is 5.32 Å². The van der Waals surface area contributed by atoms with Crippen molar-refractivity contribution < 1.29 is 0 Å². The average Bonchev–Trinajstić information content (AvgIpc) is 3.03. The van der Waals surface area contributed by atoms with Crippen LogP contribution >= 0.6 is 11.3 Å². The van der Waals surface area contributed by atoms with Crippen molar-refractivity contribution in [2.45, 2.75) is 33.1 Å². The summed E-state index contributed by atoms with van der Waals surface area (Å²) < 4.78 is 0. The van der Waals surface area contributed by atoms with E-state index in [2.05, 4.69) is 92.6 Å². The SMILES string of the molecule is C=C(C[C@H](C)c1ccccc1C)Nc1ccsc1-c1ccc(C)cc1. The number of rotatable bonds is 6. The molecule has 1 heterocycles. The van der Waals surface area contributed by atoms with Crippen LogP contribution < -0.4 is 5.32 Å². The molecule has 3 rings (SSSR count). The molecule has 1 N–H and O–H groups in total. The first kappa shape index (κ1) is 17.5. The number of nitrogens with one attached hydrogen (secondary N) is 1. The van der Waals surface area contributed by atoms with Crippen LogP contribution in [0.3, 0.4) is 0 Å². The molecule has 0 saturated carbocycles. The van der Waals surface area contributed by atoms with Gasteiger partial charge in [0.05, 0.1) is 10.6 Å². The minimum atomic E-state index is 0.447. The molecular weight excluding hydrogens is 322 g/mol. The maximum atomic E-state index is 4.27. The second-order valence-corrected chi connectivity index (χ2v) is 7.64. The van der Waals surface area contributed by atoms with Gasteiger partial charge >= 0.3 is 0 Å². The van der Waals surface area contributed by atoms with E-state index in [1.807, 2.05) is 0 Å². The van der Waals surface area contributed by atoms with Crippen LogP contribution in [0.1, 0.15) is 36.0 Å². The maximum Gasteiger partial charge on any atom is 0.0577 e. The predicted octanol–water partition coefficient (Wildman–Crippen LogP) is 7.15. The average molecular weight is 348 g/mol. The molecule has 1 atom stereocenters. The van der Waals surface area contributed by atoms with E-state index in [0.29, 0.717) is 5.92 Å². The summed E-state index contributed by atoms with van der Waals surface area (Å²) in [6.07, 6.45) is 0.925. The Labute approximate surface area is 155 Å². The highest BCUT2D eigenvalue weighted by Gasteiger charge is 2.12. The number of benzene rings is 2. The van der Waals surface area contributed by atoms with Crippen molar-refractivity contribution in [3.63, 3.8) is 0 Å². The third-order valence-corrected chi connectivity index (χ3v) is 5.53. The van der Waals surface area contributed by atoms with Crippen molar-refractivity contribution in [3.8, 4) is 10.4 Å². The first-order valence-electron chi connectivity index (χ1n) is 8.69. The minimum Gasteiger partial charge on any atom is -0.358 e. The van der Waals surface area contributed by atoms with Crippen molar-refractivity contribution in [3.05, 3.63) is 88.9 Å². The van der Waals surface area contributed by atoms with E-state index in [1.54, 1.807) is 11.3 Å². The van der Waals surface area contributed by atoms with Gasteiger partial charge in [-0.05, 0) is 54.3 Å². The molecule has 0 aliphatic carbocycles. The fourth-order valence-electron chi connectivity index (χ4n) is 3.20. The molecule has 1 aromatic heterocycles. The molecule has 0 aliphatic rings. The summed E-state index contributed by atoms with van der Waals surface area (Å²) >= 11 is 1.76. The topological polar surface area (TPSA) is 12.0 Å². The summed E-state index contributed by atoms with van der Waals surface area (Å²) in [5.41, 5.74) is 7.49. The van der Waals surface area contributed by atoms with Gasteiger partial charge in [0, 0.05) is 5.70 Å². The molecular formula is C23H25NS. The van der Waals surface area contributed by atoms with E-state index in [1.165, 1.54) is 27.1 Å². The molecule has 0 unspecified atom stereocenters. The van der Waals surface area contributed by atoms with Gasteiger partial charge in [-0.15, -0.1) is 11.3 Å². The molecule has 0 saturated heterocycles. The molecule has 1 nitrogen and oxygen atoms in total. The lowest BCUT2D eigenvalue weighted by atomic mass is 9.93. The van der Waals surface area contributed by atoms with Crippen LogP contribution in [0.25, 0.3) is 10.4 Å². The lowest BCUT2D eigenvalue weighted by Gasteiger charge is -2.17. The smallest absolute Gasteiger partial charge is 0.0577 e. The summed E-state index contributed by atoms with van der Waals surface area (Å²) in [6.45, 7) is 10.8. The molecule has 0 bridgehead atoms. The van der Waals surface area contributed by atoms with Crippen LogP contribution in [0.2, 0.25) is 0 Å². The summed E-state index contributed by atoms with van der Waals surface area (Å²) in [7, 11) is 0. The van der Waals surface area contributed by atoms with Crippen LogP contribution in [-0.2, 0) is 0 Å². The zero-order valence-electron chi connectivity index (χ0n) is 15.2. The Morgan fingerprint density at radius 1 is 1.04 bits per heavy atom. The third-order valence-electron chi connectivity index (χ3n) is 4.56. The normalized spacial score (nSPS) is 12.0. The van der Waals surface area contributed by atoms with Crippen LogP contribution in [-0.4, -0.2) is 0 Å². The van der Waals surface area contributed by atoms with Gasteiger partial charge in [-0.25, -0.2) is 0 Å². The zero-order chi connectivity index (χ0) is 17.8. The Morgan fingerprint density at radius 2 is 1.76 bits per heavy atom. The zero-order valence-corrected chi connectivity index (χ0v) is 16.0. The second kappa shape index (κ2) is 7.71. The van der Waals surface area contributed by atoms with Gasteiger partial charge in [0.2, 0.25) is 0 Å². The lowest BCUT2D eigenvalue weighted by molar-refractivity contribution is 0.750. The highest BCUT2D eigenvalue weighted by atomic mass is 32.1. The summed E-state index contributed by atoms with van der Waals surface area (Å²) in [5.74, 6) is 0.447. The van der Waals surface area contributed by atoms with E-state index in [9.17, 15) is 0 Å². The van der Waals surface area contributed by atoms with Crippen LogP contribution in [0, 0.1) is 13.8 Å². The Bertz CT molecular complexity index is 858. The molecule has 2 aromatic carbocycles. The molecule has 3 aromatic rings. The van der Waals surface area contributed by atoms with Crippen LogP contribution in [0.15, 0.2) is 72.3 Å². The van der Waals surface area contributed by atoms with Crippen LogP contribution in [0.5, 0.6) is 0 Å². The molecule has 0 spiro atoms. The first-order chi connectivity index (χ1) is 12.0. The molecule has 0 radical (unpaired) electrons. The Balaban J connectivity index is 1.71. The van der Waals surface area contributed by atoms with Gasteiger partial charge in [-0.1, -0.05) is 67.6 Å². The summed E-state index contributed by atoms with van der Waals surface area (Å²) in [5, 5.41) is 5.67. The quantitative estimate of drug-likeness (QED) is 0.499. The largest absolute Gasteiger partial charge is 0.358 e. The Hall–Kier alpha value is -2.32. The van der Waals surface area contributed by atoms with E-state index < -0.39 is 0 Å². The second-order valence-electron chi connectivity index (χ2n) is 6.72. The van der Waals surface area contributed by atoms with E-state index in [0.717, 1.165) is 17.8 Å². The molecule has 25 heavy (non-hydrogen) atoms. The predicted molar refractivity (Wildman–Crippen MR) is 111 cm³/mol. The molecule has 0 amide bonds. The van der Waals surface area contributed by atoms with Crippen molar-refractivity contribution in [1.82, 2.24) is 0 Å². The third kappa shape index (κ3) is 4.21. The lowest BCUT2D eigenvalue weighted by Crippen LogP contribution is -2.04. The van der Waals surface area contributed by atoms with Crippen molar-refractivity contribution >= 4 is 17.0 Å². The molecule has 0 aliphatic heterocycles. The monoisotopic (exact) mass is 347 g/mol. The van der Waals surface area contributed by atoms with Gasteiger partial charge in [0.15, 0.2) is 0 Å². The van der Waals surface area contributed by atoms with E-state index in [4.69, 9.17) is 0 Å². The summed E-state index contributed by atoms with van der Waals surface area (Å²) in [6, 6.07) is 19.4. The first-order valence-corrected chi connectivity index (χ1v) is 9.57. The Morgan fingerprint density at radius 3 is 2.48 bits per heavy atom. The standard InChI is InChI=1S/C23H25NS/c1-16-9-11-20(12-10-16)23-22(13-14-25-23)24-19(4)15-18(3)21-8-6-5-7-17(21)2/h5-14,18,24H,4,15H2,1-3H3/t18-/m0/s1. The highest BCUT2D eigenvalue weighted by Crippen LogP contribution is 2.35. The number of thiophene rings is 1. The van der Waals surface area contributed by atoms with Gasteiger partial charge in [0.1, 0.15) is 0 Å². The number of aryl methyl sites for hydroxylation is 2. The number of allylic oxidation sites excluding steroid dienone is 1. The highest BCUT2D eigenvalue weighted by molar-refractivity contribution is 7.14. The van der Waals surface area contributed by atoms with E-state index >= 15 is 0 Å². The Kier molecular flexibility index (Phi) is 5.40. The van der Waals surface area contributed by atoms with E-state index in [-0.39, 0.29) is 0 Å². The summed E-state index contributed by atoms with van der Waals surface area (Å²) in [4.78, 5) is 1.27. The van der Waals surface area contributed by atoms with Gasteiger partial charge in [0.25, 0.3) is 0 Å². The van der Waals surface area contributed by atoms with Crippen molar-refractivity contribution in [1.29, 1.82) is 0 Å². The van der Waals surface area contributed by atoms with Crippen molar-refractivity contribution in [2.24, 2.45) is 0 Å². The minimum absolute atomic E-state index is 0.447. The molecule has 128 valence electrons. The van der Waals surface area contributed by atoms with Gasteiger partial charge in [-0.2, -0.15) is 0 Å². The van der Waals surface area contributed by atoms with Crippen molar-refractivity contribution in [2.75, 3.05) is 5.32 Å². The maximum absolute atomic E-state index is 4.27. The fourth-order valence-corrected chi connectivity index (χ4v) is 4.06. The number of hydrogen-bond acceptors (Lipinski definition) is 2. The fraction of sp³-hybridized carbons (Fsp3) is 0.217. The number of hydrogen-bond donors (Lipinski definition) is 1.